The molecule has 0 spiro atoms. The molecule has 0 bridgehead atoms. The molecule has 0 saturated heterocycles. The molecule has 2 rings (SSSR count). The van der Waals surface area contributed by atoms with Gasteiger partial charge in [0, 0.05) is 0 Å². The molecule has 22 heavy (non-hydrogen) atoms. The van der Waals surface area contributed by atoms with Crippen LogP contribution in [0, 0.1) is 11.3 Å². The summed E-state index contributed by atoms with van der Waals surface area (Å²) in [6, 6.07) is 10.1. The van der Waals surface area contributed by atoms with Gasteiger partial charge in [-0.15, -0.1) is 0 Å². The minimum atomic E-state index is -0.533. The molecule has 0 unspecified atom stereocenters. The van der Waals surface area contributed by atoms with Crippen molar-refractivity contribution in [2.75, 3.05) is 0 Å². The van der Waals surface area contributed by atoms with E-state index < -0.39 is 5.60 Å². The number of hydrogen-bond donors (Lipinski definition) is 1. The molecule has 2 heteroatoms. The van der Waals surface area contributed by atoms with Gasteiger partial charge < -0.3 is 9.84 Å². The quantitative estimate of drug-likeness (QED) is 0.769. The summed E-state index contributed by atoms with van der Waals surface area (Å²) < 4.78 is 5.54. The van der Waals surface area contributed by atoms with Crippen LogP contribution < -0.4 is 0 Å². The molecular weight excluding hydrogens is 272 g/mol. The SMILES string of the molecule is CC(C)(C)C1CCC(O)(C/C=C/OCc2ccccc2)CC1. The first-order valence-electron chi connectivity index (χ1n) is 8.42. The van der Waals surface area contributed by atoms with Gasteiger partial charge in [-0.3, -0.25) is 0 Å². The molecule has 2 nitrogen and oxygen atoms in total. The van der Waals surface area contributed by atoms with Gasteiger partial charge in [0.1, 0.15) is 6.61 Å². The van der Waals surface area contributed by atoms with Crippen molar-refractivity contribution < 1.29 is 9.84 Å². The molecule has 0 heterocycles. The molecule has 1 N–H and O–H groups in total. The first-order chi connectivity index (χ1) is 10.4. The Bertz CT molecular complexity index is 462. The Kier molecular flexibility index (Phi) is 5.69. The van der Waals surface area contributed by atoms with Crippen molar-refractivity contribution in [1.82, 2.24) is 0 Å². The van der Waals surface area contributed by atoms with Crippen LogP contribution in [0.15, 0.2) is 42.7 Å². The van der Waals surface area contributed by atoms with Crippen LogP contribution >= 0.6 is 0 Å². The monoisotopic (exact) mass is 302 g/mol. The lowest BCUT2D eigenvalue weighted by atomic mass is 9.68. The molecule has 1 aliphatic rings. The molecule has 0 aromatic heterocycles. The van der Waals surface area contributed by atoms with Crippen LogP contribution in [0.2, 0.25) is 0 Å². The zero-order valence-corrected chi connectivity index (χ0v) is 14.2. The second-order valence-corrected chi connectivity index (χ2v) is 7.74. The highest BCUT2D eigenvalue weighted by Crippen LogP contribution is 2.42. The molecular formula is C20H30O2. The van der Waals surface area contributed by atoms with Crippen LogP contribution in [0.3, 0.4) is 0 Å². The molecule has 0 aliphatic heterocycles. The maximum absolute atomic E-state index is 10.7. The van der Waals surface area contributed by atoms with Crippen LogP contribution in [0.5, 0.6) is 0 Å². The Morgan fingerprint density at radius 2 is 1.82 bits per heavy atom. The van der Waals surface area contributed by atoms with Gasteiger partial charge in [0.25, 0.3) is 0 Å². The van der Waals surface area contributed by atoms with Crippen LogP contribution in [-0.2, 0) is 11.3 Å². The minimum absolute atomic E-state index is 0.357. The summed E-state index contributed by atoms with van der Waals surface area (Å²) in [6.45, 7) is 7.50. The first kappa shape index (κ1) is 17.1. The Balaban J connectivity index is 1.71. The summed E-state index contributed by atoms with van der Waals surface area (Å²) in [4.78, 5) is 0. The minimum Gasteiger partial charge on any atom is -0.497 e. The lowest BCUT2D eigenvalue weighted by Crippen LogP contribution is -2.37. The van der Waals surface area contributed by atoms with Crippen molar-refractivity contribution in [2.45, 2.75) is 65.1 Å². The molecule has 0 radical (unpaired) electrons. The molecule has 1 aromatic rings. The highest BCUT2D eigenvalue weighted by atomic mass is 16.5. The van der Waals surface area contributed by atoms with Gasteiger partial charge in [-0.25, -0.2) is 0 Å². The fourth-order valence-corrected chi connectivity index (χ4v) is 3.28. The number of ether oxygens (including phenoxy) is 1. The van der Waals surface area contributed by atoms with Gasteiger partial charge in [0.15, 0.2) is 0 Å². The lowest BCUT2D eigenvalue weighted by Gasteiger charge is -2.41. The third-order valence-electron chi connectivity index (χ3n) is 4.92. The maximum Gasteiger partial charge on any atom is 0.112 e. The van der Waals surface area contributed by atoms with E-state index in [1.165, 1.54) is 0 Å². The zero-order valence-electron chi connectivity index (χ0n) is 14.2. The first-order valence-corrected chi connectivity index (χ1v) is 8.42. The van der Waals surface area contributed by atoms with Crippen molar-refractivity contribution in [1.29, 1.82) is 0 Å². The summed E-state index contributed by atoms with van der Waals surface area (Å²) in [5.41, 5.74) is 0.987. The van der Waals surface area contributed by atoms with E-state index in [2.05, 4.69) is 32.9 Å². The molecule has 0 amide bonds. The number of hydrogen-bond acceptors (Lipinski definition) is 2. The topological polar surface area (TPSA) is 29.5 Å². The van der Waals surface area contributed by atoms with Crippen molar-refractivity contribution >= 4 is 0 Å². The summed E-state index contributed by atoms with van der Waals surface area (Å²) in [5.74, 6) is 0.728. The van der Waals surface area contributed by atoms with Crippen molar-refractivity contribution in [3.8, 4) is 0 Å². The predicted molar refractivity (Wildman–Crippen MR) is 91.4 cm³/mol. The van der Waals surface area contributed by atoms with Crippen LogP contribution in [0.4, 0.5) is 0 Å². The van der Waals surface area contributed by atoms with E-state index in [-0.39, 0.29) is 0 Å². The van der Waals surface area contributed by atoms with Crippen LogP contribution in [-0.4, -0.2) is 10.7 Å². The maximum atomic E-state index is 10.7. The summed E-state index contributed by atoms with van der Waals surface area (Å²) in [7, 11) is 0. The van der Waals surface area contributed by atoms with E-state index in [4.69, 9.17) is 4.74 Å². The number of rotatable bonds is 5. The average Bonchev–Trinajstić information content (AvgIpc) is 2.47. The largest absolute Gasteiger partial charge is 0.497 e. The second-order valence-electron chi connectivity index (χ2n) is 7.74. The van der Waals surface area contributed by atoms with E-state index in [0.29, 0.717) is 18.4 Å². The average molecular weight is 302 g/mol. The van der Waals surface area contributed by atoms with E-state index >= 15 is 0 Å². The molecule has 1 aliphatic carbocycles. The fourth-order valence-electron chi connectivity index (χ4n) is 3.28. The van der Waals surface area contributed by atoms with Crippen molar-refractivity contribution in [2.24, 2.45) is 11.3 Å². The number of benzene rings is 1. The van der Waals surface area contributed by atoms with E-state index in [1.54, 1.807) is 6.26 Å². The molecule has 1 fully saturated rings. The van der Waals surface area contributed by atoms with E-state index in [0.717, 1.165) is 37.2 Å². The lowest BCUT2D eigenvalue weighted by molar-refractivity contribution is -0.0229. The predicted octanol–water partition coefficient (Wildman–Crippen LogP) is 5.07. The van der Waals surface area contributed by atoms with E-state index in [1.807, 2.05) is 24.3 Å². The van der Waals surface area contributed by atoms with Gasteiger partial charge in [0.2, 0.25) is 0 Å². The molecule has 1 aromatic carbocycles. The van der Waals surface area contributed by atoms with Gasteiger partial charge in [-0.05, 0) is 55.1 Å². The van der Waals surface area contributed by atoms with Crippen molar-refractivity contribution in [3.63, 3.8) is 0 Å². The van der Waals surface area contributed by atoms with E-state index in [9.17, 15) is 5.11 Å². The van der Waals surface area contributed by atoms with Crippen LogP contribution in [0.1, 0.15) is 58.4 Å². The third kappa shape index (κ3) is 5.17. The smallest absolute Gasteiger partial charge is 0.112 e. The standard InChI is InChI=1S/C20H30O2/c1-19(2,3)18-10-13-20(21,14-11-18)12-7-15-22-16-17-8-5-4-6-9-17/h4-9,15,18,21H,10-14,16H2,1-3H3/b15-7+. The molecule has 0 atom stereocenters. The van der Waals surface area contributed by atoms with Gasteiger partial charge in [0.05, 0.1) is 11.9 Å². The van der Waals surface area contributed by atoms with Crippen LogP contribution in [0.25, 0.3) is 0 Å². The van der Waals surface area contributed by atoms with Gasteiger partial charge in [-0.2, -0.15) is 0 Å². The fraction of sp³-hybridized carbons (Fsp3) is 0.600. The van der Waals surface area contributed by atoms with Gasteiger partial charge in [-0.1, -0.05) is 51.1 Å². The van der Waals surface area contributed by atoms with Gasteiger partial charge >= 0.3 is 0 Å². The van der Waals surface area contributed by atoms with Crippen molar-refractivity contribution in [3.05, 3.63) is 48.2 Å². The Labute approximate surface area is 135 Å². The Morgan fingerprint density at radius 1 is 1.18 bits per heavy atom. The highest BCUT2D eigenvalue weighted by molar-refractivity contribution is 5.13. The number of aliphatic hydroxyl groups is 1. The highest BCUT2D eigenvalue weighted by Gasteiger charge is 2.36. The summed E-state index contributed by atoms with van der Waals surface area (Å²) >= 11 is 0. The summed E-state index contributed by atoms with van der Waals surface area (Å²) in [6.07, 6.45) is 8.45. The Morgan fingerprint density at radius 3 is 2.41 bits per heavy atom. The third-order valence-corrected chi connectivity index (χ3v) is 4.92. The molecule has 1 saturated carbocycles. The Hall–Kier alpha value is -1.28. The zero-order chi connectivity index (χ0) is 16.1. The molecule has 122 valence electrons. The normalized spacial score (nSPS) is 26.3. The summed E-state index contributed by atoms with van der Waals surface area (Å²) in [5, 5.41) is 10.7. The second kappa shape index (κ2) is 7.32.